The van der Waals surface area contributed by atoms with E-state index in [2.05, 4.69) is 16.0 Å². The first kappa shape index (κ1) is 43.4. The van der Waals surface area contributed by atoms with Gasteiger partial charge in [0.25, 0.3) is 0 Å². The largest absolute Gasteiger partial charge is 0.486 e. The van der Waals surface area contributed by atoms with Gasteiger partial charge in [0.1, 0.15) is 55.8 Å². The molecule has 3 aromatic rings. The van der Waals surface area contributed by atoms with Crippen LogP contribution in [0.4, 0.5) is 5.69 Å². The molecule has 13 atom stereocenters. The third-order valence-electron chi connectivity index (χ3n) is 13.3. The SMILES string of the molecule is N[C@@H]1NC(=O)[C@@H]2NCN(c3ccccc3[C@@H]3c4cc5c(c(OC[C@H](O)CC=O)c4O[C@H]4O[C@H]([C@H](O)[C@@H](O)[C@@H]4O)[C@H]4CC[C@H](CCO)[C@H]3CO4)C(=O)c3cc(CO)ccc3C5=O)[C@@H]2N1. The number of hydrogen-bond acceptors (Lipinski definition) is 18. The Morgan fingerprint density at radius 3 is 2.54 bits per heavy atom. The molecule has 0 aromatic heterocycles. The summed E-state index contributed by atoms with van der Waals surface area (Å²) in [6.45, 7) is -1.00. The number of hydrogen-bond donors (Lipinski definition) is 10. The first-order valence-corrected chi connectivity index (χ1v) is 21.2. The molecule has 0 saturated carbocycles. The fraction of sp³-hybridized carbons (Fsp3) is 0.500. The number of aliphatic hydroxyl groups is 6. The minimum atomic E-state index is -1.87. The predicted octanol–water partition coefficient (Wildman–Crippen LogP) is -1.57. The van der Waals surface area contributed by atoms with Crippen molar-refractivity contribution >= 4 is 29.4 Å². The van der Waals surface area contributed by atoms with Gasteiger partial charge in [-0.3, -0.25) is 30.8 Å². The Labute approximate surface area is 361 Å². The maximum Gasteiger partial charge on any atom is 0.242 e. The summed E-state index contributed by atoms with van der Waals surface area (Å²) in [5.41, 5.74) is 7.77. The standard InChI is InChI=1S/C44H51N5O14/c45-44-47-41-32(42(59)48-44)46-18-49(41)28-4-2-1-3-23(28)30-26-14-25-31(34(55)24-13-19(15-52)5-7-22(24)33(25)54)40(61-16-21(53)10-12-51)38(26)62-43-37(58)35(56)36(57)39(63-43)29-8-6-20(9-11-50)27(30)17-60-29/h1-5,7,12-14,20-21,27,29-30,32,35-37,39,41,43-44,46-47,50,52-53,56-58H,6,8-11,15-18,45H2,(H,48,59)/t20-,21-,27-,29-,30-,32-,35-,36-,37+,39+,41+,43+,44+/m1/s1. The third kappa shape index (κ3) is 7.59. The van der Waals surface area contributed by atoms with E-state index in [1.165, 1.54) is 24.3 Å². The summed E-state index contributed by atoms with van der Waals surface area (Å²) in [6.07, 6.45) is -10.7. The van der Waals surface area contributed by atoms with Gasteiger partial charge in [-0.1, -0.05) is 24.3 Å². The van der Waals surface area contributed by atoms with Crippen molar-refractivity contribution in [2.45, 2.75) is 99.6 Å². The van der Waals surface area contributed by atoms with E-state index in [4.69, 9.17) is 24.7 Å². The van der Waals surface area contributed by atoms with Crippen molar-refractivity contribution in [3.8, 4) is 11.5 Å². The number of para-hydroxylation sites is 1. The number of fused-ring (bicyclic) bond motifs is 10. The zero-order chi connectivity index (χ0) is 44.3. The van der Waals surface area contributed by atoms with Crippen LogP contribution in [0.1, 0.15) is 80.1 Å². The fourth-order valence-corrected chi connectivity index (χ4v) is 10.2. The second-order valence-electron chi connectivity index (χ2n) is 17.0. The van der Waals surface area contributed by atoms with Gasteiger partial charge < -0.3 is 64.6 Å². The van der Waals surface area contributed by atoms with Crippen LogP contribution in [-0.4, -0.2) is 142 Å². The lowest BCUT2D eigenvalue weighted by molar-refractivity contribution is -0.291. The van der Waals surface area contributed by atoms with Crippen molar-refractivity contribution in [1.82, 2.24) is 16.0 Å². The van der Waals surface area contributed by atoms with E-state index in [-0.39, 0.29) is 77.4 Å². The predicted molar refractivity (Wildman–Crippen MR) is 218 cm³/mol. The highest BCUT2D eigenvalue weighted by molar-refractivity contribution is 6.29. The van der Waals surface area contributed by atoms with Gasteiger partial charge in [-0.15, -0.1) is 0 Å². The Balaban J connectivity index is 1.34. The van der Waals surface area contributed by atoms with E-state index in [1.54, 1.807) is 0 Å². The zero-order valence-corrected chi connectivity index (χ0v) is 34.0. The van der Waals surface area contributed by atoms with Crippen LogP contribution in [-0.2, 0) is 25.7 Å². The minimum absolute atomic E-state index is 0.00945. The first-order chi connectivity index (χ1) is 30.4. The highest BCUT2D eigenvalue weighted by Gasteiger charge is 2.52. The molecule has 336 valence electrons. The molecule has 5 heterocycles. The molecule has 19 nitrogen and oxygen atoms in total. The van der Waals surface area contributed by atoms with Gasteiger partial charge in [0.15, 0.2) is 23.1 Å². The normalized spacial score (nSPS) is 32.8. The summed E-state index contributed by atoms with van der Waals surface area (Å²) in [5, 5.41) is 74.9. The molecule has 0 radical (unpaired) electrons. The molecule has 63 heavy (non-hydrogen) atoms. The highest BCUT2D eigenvalue weighted by atomic mass is 16.7. The monoisotopic (exact) mass is 873 g/mol. The van der Waals surface area contributed by atoms with Crippen LogP contribution in [0.3, 0.4) is 0 Å². The molecule has 19 heteroatoms. The molecule has 11 N–H and O–H groups in total. The van der Waals surface area contributed by atoms with Crippen LogP contribution in [0.15, 0.2) is 48.5 Å². The van der Waals surface area contributed by atoms with Gasteiger partial charge in [-0.25, -0.2) is 0 Å². The van der Waals surface area contributed by atoms with Crippen molar-refractivity contribution in [1.29, 1.82) is 0 Å². The number of anilines is 1. The van der Waals surface area contributed by atoms with Gasteiger partial charge in [0, 0.05) is 46.9 Å². The zero-order valence-electron chi connectivity index (χ0n) is 34.0. The number of rotatable bonds is 10. The van der Waals surface area contributed by atoms with Gasteiger partial charge in [0.2, 0.25) is 12.2 Å². The number of aliphatic hydroxyl groups excluding tert-OH is 6. The van der Waals surface area contributed by atoms with E-state index < -0.39 is 98.0 Å². The lowest BCUT2D eigenvalue weighted by Gasteiger charge is -2.43. The number of amides is 1. The number of carbonyl (C=O) groups excluding carboxylic acids is 4. The van der Waals surface area contributed by atoms with Crippen LogP contribution >= 0.6 is 0 Å². The molecule has 0 spiro atoms. The van der Waals surface area contributed by atoms with Crippen LogP contribution < -0.4 is 36.1 Å². The van der Waals surface area contributed by atoms with Crippen molar-refractivity contribution in [2.24, 2.45) is 17.6 Å². The molecule has 0 unspecified atom stereocenters. The Morgan fingerprint density at radius 1 is 0.952 bits per heavy atom. The van der Waals surface area contributed by atoms with Crippen molar-refractivity contribution in [3.05, 3.63) is 87.5 Å². The van der Waals surface area contributed by atoms with Crippen molar-refractivity contribution in [2.75, 3.05) is 31.4 Å². The fourth-order valence-electron chi connectivity index (χ4n) is 10.2. The molecule has 4 saturated heterocycles. The van der Waals surface area contributed by atoms with E-state index in [1.807, 2.05) is 29.2 Å². The number of nitrogens with zero attached hydrogens (tertiary/aromatic N) is 1. The van der Waals surface area contributed by atoms with Gasteiger partial charge in [0.05, 0.1) is 37.7 Å². The summed E-state index contributed by atoms with van der Waals surface area (Å²) in [5.74, 6) is -3.83. The number of ether oxygens (including phenoxy) is 4. The average Bonchev–Trinajstić information content (AvgIpc) is 3.59. The van der Waals surface area contributed by atoms with E-state index in [0.29, 0.717) is 42.4 Å². The topological polar surface area (TPSA) is 292 Å². The van der Waals surface area contributed by atoms with Crippen LogP contribution in [0.2, 0.25) is 0 Å². The number of aldehydes is 1. The molecule has 3 aromatic carbocycles. The summed E-state index contributed by atoms with van der Waals surface area (Å²) >= 11 is 0. The quantitative estimate of drug-likeness (QED) is 0.0806. The molecule has 1 aliphatic carbocycles. The van der Waals surface area contributed by atoms with E-state index in [0.717, 1.165) is 0 Å². The molecule has 4 bridgehead atoms. The van der Waals surface area contributed by atoms with Crippen molar-refractivity contribution < 1.29 is 68.8 Å². The second kappa shape index (κ2) is 17.6. The Bertz CT molecular complexity index is 2280. The van der Waals surface area contributed by atoms with E-state index >= 15 is 0 Å². The first-order valence-electron chi connectivity index (χ1n) is 21.2. The van der Waals surface area contributed by atoms with Gasteiger partial charge >= 0.3 is 0 Å². The molecular formula is C44H51N5O14. The lowest BCUT2D eigenvalue weighted by atomic mass is 9.70. The Kier molecular flexibility index (Phi) is 12.1. The second-order valence-corrected chi connectivity index (χ2v) is 17.0. The Hall–Kier alpha value is -4.90. The number of nitrogens with two attached hydrogens (primary N) is 1. The van der Waals surface area contributed by atoms with Crippen LogP contribution in [0.25, 0.3) is 0 Å². The lowest BCUT2D eigenvalue weighted by Crippen LogP contribution is -2.70. The highest BCUT2D eigenvalue weighted by Crippen LogP contribution is 2.53. The maximum atomic E-state index is 14.8. The van der Waals surface area contributed by atoms with Crippen molar-refractivity contribution in [3.63, 3.8) is 0 Å². The Morgan fingerprint density at radius 2 is 1.76 bits per heavy atom. The van der Waals surface area contributed by atoms with Gasteiger partial charge in [-0.2, -0.15) is 0 Å². The molecule has 1 amide bonds. The molecular weight excluding hydrogens is 823 g/mol. The maximum absolute atomic E-state index is 14.8. The number of benzene rings is 3. The number of carbonyl (C=O) groups is 4. The molecule has 5 aliphatic heterocycles. The molecule has 4 fully saturated rings. The number of ketones is 2. The smallest absolute Gasteiger partial charge is 0.242 e. The summed E-state index contributed by atoms with van der Waals surface area (Å²) in [4.78, 5) is 56.3. The molecule has 6 aliphatic rings. The minimum Gasteiger partial charge on any atom is -0.486 e. The summed E-state index contributed by atoms with van der Waals surface area (Å²) < 4.78 is 26.0. The number of nitrogens with one attached hydrogen (secondary N) is 3. The van der Waals surface area contributed by atoms with Gasteiger partial charge in [-0.05, 0) is 66.5 Å². The summed E-state index contributed by atoms with van der Waals surface area (Å²) in [7, 11) is 0. The van der Waals surface area contributed by atoms with Crippen LogP contribution in [0.5, 0.6) is 11.5 Å². The van der Waals surface area contributed by atoms with Crippen LogP contribution in [0, 0.1) is 11.8 Å². The summed E-state index contributed by atoms with van der Waals surface area (Å²) in [6, 6.07) is 12.6. The third-order valence-corrected chi connectivity index (χ3v) is 13.3. The average molecular weight is 874 g/mol. The molecule has 9 rings (SSSR count). The van der Waals surface area contributed by atoms with E-state index in [9.17, 15) is 49.8 Å².